The van der Waals surface area contributed by atoms with E-state index in [1.165, 1.54) is 12.2 Å². The summed E-state index contributed by atoms with van der Waals surface area (Å²) in [6.45, 7) is 0. The zero-order chi connectivity index (χ0) is 12.7. The van der Waals surface area contributed by atoms with Crippen molar-refractivity contribution >= 4 is 12.0 Å². The molecule has 0 atom stereocenters. The molecule has 6 nitrogen and oxygen atoms in total. The second-order valence-electron chi connectivity index (χ2n) is 5.18. The number of fused-ring (bicyclic) bond motifs is 2. The maximum atomic E-state index is 12.1. The standard InChI is InChI=1S/C11H18N2O4/c1-13(17-2)8(14)10-4-3-5-11(6-10,7-10)12-9(15)16/h12H,3-7H2,1-2H3,(H,15,16). The lowest BCUT2D eigenvalue weighted by Crippen LogP contribution is -2.68. The van der Waals surface area contributed by atoms with E-state index in [1.54, 1.807) is 7.05 Å². The van der Waals surface area contributed by atoms with Gasteiger partial charge in [0.25, 0.3) is 5.91 Å². The van der Waals surface area contributed by atoms with Gasteiger partial charge in [0.2, 0.25) is 0 Å². The summed E-state index contributed by atoms with van der Waals surface area (Å²) in [7, 11) is 3.05. The number of carbonyl (C=O) groups excluding carboxylic acids is 1. The van der Waals surface area contributed by atoms with Gasteiger partial charge in [0, 0.05) is 12.6 Å². The fraction of sp³-hybridized carbons (Fsp3) is 0.818. The van der Waals surface area contributed by atoms with Crippen LogP contribution in [-0.2, 0) is 9.63 Å². The Kier molecular flexibility index (Phi) is 2.77. The van der Waals surface area contributed by atoms with Gasteiger partial charge in [-0.15, -0.1) is 0 Å². The molecule has 0 spiro atoms. The fourth-order valence-electron chi connectivity index (χ4n) is 3.42. The van der Waals surface area contributed by atoms with Crippen molar-refractivity contribution in [2.24, 2.45) is 5.41 Å². The van der Waals surface area contributed by atoms with Crippen LogP contribution in [0.5, 0.6) is 0 Å². The van der Waals surface area contributed by atoms with Gasteiger partial charge in [-0.2, -0.15) is 0 Å². The van der Waals surface area contributed by atoms with Crippen molar-refractivity contribution in [1.29, 1.82) is 0 Å². The summed E-state index contributed by atoms with van der Waals surface area (Å²) in [5.41, 5.74) is -0.792. The molecule has 3 rings (SSSR count). The molecule has 0 heterocycles. The number of rotatable bonds is 3. The summed E-state index contributed by atoms with van der Waals surface area (Å²) in [4.78, 5) is 27.8. The molecule has 0 aromatic heterocycles. The van der Waals surface area contributed by atoms with Crippen LogP contribution in [0.25, 0.3) is 0 Å². The van der Waals surface area contributed by atoms with Gasteiger partial charge >= 0.3 is 6.09 Å². The molecule has 3 aliphatic carbocycles. The number of nitrogens with zero attached hydrogens (tertiary/aromatic N) is 1. The van der Waals surface area contributed by atoms with E-state index in [4.69, 9.17) is 9.94 Å². The summed E-state index contributed by atoms with van der Waals surface area (Å²) in [6, 6.07) is 0. The fourth-order valence-corrected chi connectivity index (χ4v) is 3.42. The van der Waals surface area contributed by atoms with Crippen LogP contribution in [-0.4, -0.2) is 41.9 Å². The van der Waals surface area contributed by atoms with Crippen LogP contribution in [0.4, 0.5) is 4.79 Å². The Morgan fingerprint density at radius 2 is 2.00 bits per heavy atom. The zero-order valence-corrected chi connectivity index (χ0v) is 10.2. The number of hydroxylamine groups is 2. The van der Waals surface area contributed by atoms with E-state index in [0.717, 1.165) is 19.3 Å². The van der Waals surface area contributed by atoms with Crippen LogP contribution in [0.3, 0.4) is 0 Å². The normalized spacial score (nSPS) is 34.7. The molecule has 0 saturated heterocycles. The number of nitrogens with one attached hydrogen (secondary N) is 1. The summed E-state index contributed by atoms with van der Waals surface area (Å²) in [6.07, 6.45) is 2.71. The molecule has 0 aromatic rings. The van der Waals surface area contributed by atoms with Gasteiger partial charge in [-0.05, 0) is 25.7 Å². The minimum absolute atomic E-state index is 0.0393. The topological polar surface area (TPSA) is 78.9 Å². The van der Waals surface area contributed by atoms with Crippen LogP contribution in [0.15, 0.2) is 0 Å². The molecule has 2 amide bonds. The van der Waals surface area contributed by atoms with Gasteiger partial charge in [0.1, 0.15) is 0 Å². The van der Waals surface area contributed by atoms with E-state index in [2.05, 4.69) is 5.32 Å². The smallest absolute Gasteiger partial charge is 0.405 e. The van der Waals surface area contributed by atoms with E-state index < -0.39 is 11.5 Å². The molecule has 2 N–H and O–H groups in total. The maximum Gasteiger partial charge on any atom is 0.405 e. The number of hydrogen-bond donors (Lipinski definition) is 2. The molecule has 0 unspecified atom stereocenters. The molecule has 0 aliphatic heterocycles. The van der Waals surface area contributed by atoms with Gasteiger partial charge in [-0.25, -0.2) is 9.86 Å². The van der Waals surface area contributed by atoms with Crippen LogP contribution in [0.2, 0.25) is 0 Å². The lowest BCUT2D eigenvalue weighted by atomic mass is 9.49. The monoisotopic (exact) mass is 242 g/mol. The first-order valence-corrected chi connectivity index (χ1v) is 5.76. The van der Waals surface area contributed by atoms with Crippen LogP contribution < -0.4 is 5.32 Å². The van der Waals surface area contributed by atoms with E-state index in [0.29, 0.717) is 12.8 Å². The third-order valence-electron chi connectivity index (χ3n) is 4.05. The largest absolute Gasteiger partial charge is 0.465 e. The number of carboxylic acid groups (broad SMARTS) is 1. The molecular weight excluding hydrogens is 224 g/mol. The van der Waals surface area contributed by atoms with Gasteiger partial charge < -0.3 is 10.4 Å². The van der Waals surface area contributed by atoms with E-state index >= 15 is 0 Å². The highest BCUT2D eigenvalue weighted by Gasteiger charge is 2.62. The van der Waals surface area contributed by atoms with Crippen LogP contribution in [0, 0.1) is 5.41 Å². The van der Waals surface area contributed by atoms with Crippen molar-refractivity contribution in [2.75, 3.05) is 14.2 Å². The lowest BCUT2D eigenvalue weighted by Gasteiger charge is -2.59. The second kappa shape index (κ2) is 3.87. The van der Waals surface area contributed by atoms with Gasteiger partial charge in [-0.1, -0.05) is 6.42 Å². The van der Waals surface area contributed by atoms with Crippen molar-refractivity contribution < 1.29 is 19.5 Å². The second-order valence-corrected chi connectivity index (χ2v) is 5.18. The highest BCUT2D eigenvalue weighted by Crippen LogP contribution is 2.58. The predicted octanol–water partition coefficient (Wildman–Crippen LogP) is 0.977. The van der Waals surface area contributed by atoms with Gasteiger partial charge in [0.15, 0.2) is 0 Å². The third kappa shape index (κ3) is 1.86. The quantitative estimate of drug-likeness (QED) is 0.723. The SMILES string of the molecule is CON(C)C(=O)C12CCCC(NC(=O)O)(C1)C2. The molecule has 2 bridgehead atoms. The Balaban J connectivity index is 2.07. The predicted molar refractivity (Wildman–Crippen MR) is 59.2 cm³/mol. The minimum atomic E-state index is -1.01. The van der Waals surface area contributed by atoms with E-state index in [9.17, 15) is 9.59 Å². The number of hydrogen-bond acceptors (Lipinski definition) is 3. The minimum Gasteiger partial charge on any atom is -0.465 e. The van der Waals surface area contributed by atoms with Gasteiger partial charge in [0.05, 0.1) is 12.5 Å². The van der Waals surface area contributed by atoms with E-state index in [1.807, 2.05) is 0 Å². The maximum absolute atomic E-state index is 12.1. The average molecular weight is 242 g/mol. The molecule has 96 valence electrons. The third-order valence-corrected chi connectivity index (χ3v) is 4.05. The molecular formula is C11H18N2O4. The first-order chi connectivity index (χ1) is 7.93. The van der Waals surface area contributed by atoms with Crippen LogP contribution in [0.1, 0.15) is 32.1 Å². The van der Waals surface area contributed by atoms with E-state index in [-0.39, 0.29) is 11.4 Å². The van der Waals surface area contributed by atoms with Crippen molar-refractivity contribution in [3.05, 3.63) is 0 Å². The molecule has 3 saturated carbocycles. The highest BCUT2D eigenvalue weighted by molar-refractivity contribution is 5.84. The molecule has 6 heteroatoms. The van der Waals surface area contributed by atoms with Crippen molar-refractivity contribution in [3.8, 4) is 0 Å². The first-order valence-electron chi connectivity index (χ1n) is 5.76. The Labute approximate surface area is 99.9 Å². The lowest BCUT2D eigenvalue weighted by molar-refractivity contribution is -0.196. The average Bonchev–Trinajstić information content (AvgIpc) is 2.25. The Bertz CT molecular complexity index is 349. The Morgan fingerprint density at radius 1 is 1.35 bits per heavy atom. The summed E-state index contributed by atoms with van der Waals surface area (Å²) in [5.74, 6) is -0.0393. The number of carbonyl (C=O) groups is 2. The van der Waals surface area contributed by atoms with Crippen molar-refractivity contribution in [3.63, 3.8) is 0 Å². The Morgan fingerprint density at radius 3 is 2.53 bits per heavy atom. The first kappa shape index (κ1) is 12.2. The summed E-state index contributed by atoms with van der Waals surface area (Å²) < 4.78 is 0. The van der Waals surface area contributed by atoms with Crippen molar-refractivity contribution in [2.45, 2.75) is 37.6 Å². The molecule has 17 heavy (non-hydrogen) atoms. The Hall–Kier alpha value is -1.30. The van der Waals surface area contributed by atoms with Crippen molar-refractivity contribution in [1.82, 2.24) is 10.4 Å². The van der Waals surface area contributed by atoms with Gasteiger partial charge in [-0.3, -0.25) is 9.63 Å². The number of amides is 2. The highest BCUT2D eigenvalue weighted by atomic mass is 16.7. The zero-order valence-electron chi connectivity index (χ0n) is 10.2. The van der Waals surface area contributed by atoms with Crippen LogP contribution >= 0.6 is 0 Å². The molecule has 0 radical (unpaired) electrons. The molecule has 3 aliphatic rings. The summed E-state index contributed by atoms with van der Waals surface area (Å²) in [5, 5.41) is 12.6. The summed E-state index contributed by atoms with van der Waals surface area (Å²) >= 11 is 0. The molecule has 0 aromatic carbocycles. The molecule has 3 fully saturated rings.